The molecule has 1 spiro atoms. The summed E-state index contributed by atoms with van der Waals surface area (Å²) in [6, 6.07) is 0. The molecule has 4 saturated carbocycles. The van der Waals surface area contributed by atoms with Crippen LogP contribution in [-0.4, -0.2) is 28.4 Å². The molecular weight excluding hydrogens is 344 g/mol. The molecule has 2 bridgehead atoms. The summed E-state index contributed by atoms with van der Waals surface area (Å²) in [5.41, 5.74) is -1.82. The predicted molar refractivity (Wildman–Crippen MR) is 98.8 cm³/mol. The van der Waals surface area contributed by atoms with Crippen molar-refractivity contribution in [3.8, 4) is 0 Å². The Bertz CT molecular complexity index is 756. The number of ketones is 1. The molecule has 0 aliphatic heterocycles. The number of Topliss-reactive ketones (excluding diaryl/α,β-unsaturated/α-hetero) is 1. The fourth-order valence-electron chi connectivity index (χ4n) is 7.78. The lowest BCUT2D eigenvalue weighted by Crippen LogP contribution is -2.60. The van der Waals surface area contributed by atoms with Gasteiger partial charge < -0.3 is 9.84 Å². The van der Waals surface area contributed by atoms with Gasteiger partial charge in [0.15, 0.2) is 5.78 Å². The number of hydrogen-bond donors (Lipinski definition) is 1. The Morgan fingerprint density at radius 3 is 2.41 bits per heavy atom. The zero-order chi connectivity index (χ0) is 19.8. The average molecular weight is 374 g/mol. The molecule has 6 atom stereocenters. The van der Waals surface area contributed by atoms with Crippen molar-refractivity contribution >= 4 is 17.7 Å². The Hall–Kier alpha value is -1.65. The fraction of sp³-hybridized carbons (Fsp3) is 0.773. The molecule has 148 valence electrons. The van der Waals surface area contributed by atoms with Crippen LogP contribution in [0.25, 0.3) is 0 Å². The highest BCUT2D eigenvalue weighted by atomic mass is 16.6. The first kappa shape index (κ1) is 18.7. The van der Waals surface area contributed by atoms with Crippen molar-refractivity contribution in [3.05, 3.63) is 12.2 Å². The first-order valence-electron chi connectivity index (χ1n) is 10.2. The van der Waals surface area contributed by atoms with E-state index >= 15 is 0 Å². The smallest absolute Gasteiger partial charge is 0.309 e. The minimum atomic E-state index is -0.840. The van der Waals surface area contributed by atoms with E-state index in [0.29, 0.717) is 31.3 Å². The Labute approximate surface area is 160 Å². The van der Waals surface area contributed by atoms with Gasteiger partial charge in [0.1, 0.15) is 5.60 Å². The SMILES string of the molecule is C=C1C(=O)[C@@]23CCC4[C@](C)(C(=O)O)CCC[C@@]4(C)[C@@H]2CC[C@@]1(OC(C)=O)C3. The maximum Gasteiger partial charge on any atom is 0.309 e. The van der Waals surface area contributed by atoms with Gasteiger partial charge in [-0.25, -0.2) is 0 Å². The molecule has 4 aliphatic carbocycles. The first-order chi connectivity index (χ1) is 12.5. The zero-order valence-corrected chi connectivity index (χ0v) is 16.6. The number of ether oxygens (including phenoxy) is 1. The van der Waals surface area contributed by atoms with Crippen LogP contribution in [-0.2, 0) is 19.1 Å². The van der Waals surface area contributed by atoms with E-state index in [0.717, 1.165) is 25.7 Å². The molecule has 5 heteroatoms. The molecule has 4 rings (SSSR count). The molecule has 0 aromatic heterocycles. The van der Waals surface area contributed by atoms with Crippen LogP contribution in [0.5, 0.6) is 0 Å². The van der Waals surface area contributed by atoms with E-state index < -0.39 is 22.4 Å². The van der Waals surface area contributed by atoms with Crippen LogP contribution in [0.3, 0.4) is 0 Å². The molecule has 1 unspecified atom stereocenters. The third-order valence-electron chi connectivity index (χ3n) is 8.86. The van der Waals surface area contributed by atoms with E-state index in [1.54, 1.807) is 0 Å². The van der Waals surface area contributed by atoms with Crippen molar-refractivity contribution < 1.29 is 24.2 Å². The van der Waals surface area contributed by atoms with Crippen LogP contribution < -0.4 is 0 Å². The summed E-state index contributed by atoms with van der Waals surface area (Å²) in [4.78, 5) is 37.3. The third kappa shape index (κ3) is 2.14. The molecule has 4 aliphatic rings. The van der Waals surface area contributed by atoms with Gasteiger partial charge in [-0.1, -0.05) is 19.9 Å². The summed E-state index contributed by atoms with van der Waals surface area (Å²) in [6.07, 6.45) is 5.93. The lowest BCUT2D eigenvalue weighted by atomic mass is 9.40. The molecule has 0 saturated heterocycles. The molecule has 5 nitrogen and oxygen atoms in total. The summed E-state index contributed by atoms with van der Waals surface area (Å²) in [6.45, 7) is 9.56. The number of carboxylic acids is 1. The average Bonchev–Trinajstić information content (AvgIpc) is 2.72. The van der Waals surface area contributed by atoms with Crippen molar-refractivity contribution in [3.63, 3.8) is 0 Å². The minimum Gasteiger partial charge on any atom is -0.481 e. The second kappa shape index (κ2) is 5.45. The van der Waals surface area contributed by atoms with Gasteiger partial charge in [0.2, 0.25) is 0 Å². The molecule has 0 amide bonds. The molecule has 27 heavy (non-hydrogen) atoms. The number of carbonyl (C=O) groups is 3. The third-order valence-corrected chi connectivity index (χ3v) is 8.86. The number of carbonyl (C=O) groups excluding carboxylic acids is 2. The molecule has 0 aromatic rings. The van der Waals surface area contributed by atoms with E-state index in [1.807, 2.05) is 6.92 Å². The Kier molecular flexibility index (Phi) is 3.78. The van der Waals surface area contributed by atoms with E-state index in [1.165, 1.54) is 6.92 Å². The van der Waals surface area contributed by atoms with Gasteiger partial charge >= 0.3 is 11.9 Å². The maximum absolute atomic E-state index is 13.4. The molecule has 4 fully saturated rings. The van der Waals surface area contributed by atoms with Crippen LogP contribution >= 0.6 is 0 Å². The van der Waals surface area contributed by atoms with Gasteiger partial charge in [0.05, 0.1) is 5.41 Å². The molecule has 0 heterocycles. The fourth-order valence-corrected chi connectivity index (χ4v) is 7.78. The Morgan fingerprint density at radius 2 is 1.78 bits per heavy atom. The van der Waals surface area contributed by atoms with Crippen LogP contribution in [0.15, 0.2) is 12.2 Å². The normalized spacial score (nSPS) is 48.6. The van der Waals surface area contributed by atoms with Gasteiger partial charge in [-0.15, -0.1) is 0 Å². The van der Waals surface area contributed by atoms with Crippen LogP contribution in [0, 0.1) is 28.1 Å². The zero-order valence-electron chi connectivity index (χ0n) is 16.6. The van der Waals surface area contributed by atoms with Crippen molar-refractivity contribution in [2.24, 2.45) is 28.1 Å². The van der Waals surface area contributed by atoms with Crippen LogP contribution in [0.2, 0.25) is 0 Å². The largest absolute Gasteiger partial charge is 0.481 e. The van der Waals surface area contributed by atoms with Gasteiger partial charge in [0, 0.05) is 24.3 Å². The van der Waals surface area contributed by atoms with Gasteiger partial charge in [-0.05, 0) is 62.7 Å². The van der Waals surface area contributed by atoms with Crippen molar-refractivity contribution in [2.45, 2.75) is 77.7 Å². The maximum atomic E-state index is 13.4. The van der Waals surface area contributed by atoms with Gasteiger partial charge in [-0.2, -0.15) is 0 Å². The van der Waals surface area contributed by atoms with E-state index in [9.17, 15) is 19.5 Å². The van der Waals surface area contributed by atoms with E-state index in [2.05, 4.69) is 13.5 Å². The lowest BCUT2D eigenvalue weighted by molar-refractivity contribution is -0.192. The number of aliphatic carboxylic acids is 1. The summed E-state index contributed by atoms with van der Waals surface area (Å²) >= 11 is 0. The van der Waals surface area contributed by atoms with Gasteiger partial charge in [0.25, 0.3) is 0 Å². The highest BCUT2D eigenvalue weighted by Gasteiger charge is 2.72. The second-order valence-electron chi connectivity index (χ2n) is 9.99. The summed E-state index contributed by atoms with van der Waals surface area (Å²) < 4.78 is 5.69. The van der Waals surface area contributed by atoms with Crippen LogP contribution in [0.1, 0.15) is 72.1 Å². The standard InChI is InChI=1S/C22H30O5/c1-13-17(24)21-10-6-15-19(3,8-5-9-20(15,4)18(25)26)16(21)7-11-22(13,12-21)27-14(2)23/h15-16H,1,5-12H2,2-4H3,(H,25,26)/t15?,16-,19+,20+,21+,22+/m0/s1. The quantitative estimate of drug-likeness (QED) is 0.585. The lowest BCUT2D eigenvalue weighted by Gasteiger charge is -2.63. The molecular formula is C22H30O5. The van der Waals surface area contributed by atoms with Crippen molar-refractivity contribution in [1.29, 1.82) is 0 Å². The summed E-state index contributed by atoms with van der Waals surface area (Å²) in [7, 11) is 0. The Balaban J connectivity index is 1.77. The number of rotatable bonds is 2. The number of hydrogen-bond acceptors (Lipinski definition) is 4. The molecule has 1 N–H and O–H groups in total. The topological polar surface area (TPSA) is 80.7 Å². The number of carboxylic acid groups (broad SMARTS) is 1. The Morgan fingerprint density at radius 1 is 1.11 bits per heavy atom. The first-order valence-corrected chi connectivity index (χ1v) is 10.2. The minimum absolute atomic E-state index is 0.0635. The number of fused-ring (bicyclic) bond motifs is 3. The van der Waals surface area contributed by atoms with E-state index in [4.69, 9.17) is 4.74 Å². The highest BCUT2D eigenvalue weighted by molar-refractivity contribution is 6.05. The summed E-state index contributed by atoms with van der Waals surface area (Å²) in [5.74, 6) is -0.793. The van der Waals surface area contributed by atoms with Crippen LogP contribution in [0.4, 0.5) is 0 Å². The summed E-state index contributed by atoms with van der Waals surface area (Å²) in [5, 5.41) is 9.97. The van der Waals surface area contributed by atoms with Gasteiger partial charge in [-0.3, -0.25) is 14.4 Å². The monoisotopic (exact) mass is 374 g/mol. The van der Waals surface area contributed by atoms with Crippen molar-refractivity contribution in [1.82, 2.24) is 0 Å². The molecule has 0 radical (unpaired) electrons. The number of esters is 1. The second-order valence-corrected chi connectivity index (χ2v) is 9.99. The highest BCUT2D eigenvalue weighted by Crippen LogP contribution is 2.72. The van der Waals surface area contributed by atoms with E-state index in [-0.39, 0.29) is 29.0 Å². The molecule has 0 aromatic carbocycles. The predicted octanol–water partition coefficient (Wildman–Crippen LogP) is 3.90. The van der Waals surface area contributed by atoms with Crippen molar-refractivity contribution in [2.75, 3.05) is 0 Å².